The van der Waals surface area contributed by atoms with E-state index in [4.69, 9.17) is 0 Å². The largest absolute Gasteiger partial charge is 0.494 e. The Morgan fingerprint density at radius 1 is 1.20 bits per heavy atom. The average molecular weight is 274 g/mol. The number of aromatic hydroxyl groups is 1. The van der Waals surface area contributed by atoms with E-state index in [0.29, 0.717) is 0 Å². The van der Waals surface area contributed by atoms with Gasteiger partial charge in [-0.1, -0.05) is 18.2 Å². The number of aromatic nitrogens is 2. The van der Waals surface area contributed by atoms with Crippen LogP contribution in [0.2, 0.25) is 0 Å². The second-order valence-electron chi connectivity index (χ2n) is 4.18. The molecule has 0 unspecified atom stereocenters. The summed E-state index contributed by atoms with van der Waals surface area (Å²) in [6, 6.07) is 9.32. The van der Waals surface area contributed by atoms with E-state index in [9.17, 15) is 14.7 Å². The fourth-order valence-corrected chi connectivity index (χ4v) is 1.79. The first-order valence-electron chi connectivity index (χ1n) is 5.89. The lowest BCUT2D eigenvalue weighted by molar-refractivity contribution is 0.447. The summed E-state index contributed by atoms with van der Waals surface area (Å²) in [6.07, 6.45) is 0. The molecule has 2 aromatic rings. The zero-order valence-electron chi connectivity index (χ0n) is 11.0. The van der Waals surface area contributed by atoms with E-state index in [1.54, 1.807) is 19.0 Å². The lowest BCUT2D eigenvalue weighted by Crippen LogP contribution is -2.28. The molecule has 1 aromatic heterocycles. The van der Waals surface area contributed by atoms with Crippen molar-refractivity contribution in [1.82, 2.24) is 9.97 Å². The summed E-state index contributed by atoms with van der Waals surface area (Å²) in [6.45, 7) is 1.57. The fourth-order valence-electron chi connectivity index (χ4n) is 1.79. The van der Waals surface area contributed by atoms with Crippen molar-refractivity contribution in [1.29, 1.82) is 0 Å². The van der Waals surface area contributed by atoms with Crippen LogP contribution in [0.25, 0.3) is 0 Å². The van der Waals surface area contributed by atoms with Crippen LogP contribution in [0, 0.1) is 0 Å². The van der Waals surface area contributed by atoms with Gasteiger partial charge in [-0.2, -0.15) is 5.10 Å². The Labute approximate surface area is 114 Å². The lowest BCUT2D eigenvalue weighted by Gasteiger charge is -2.14. The SMILES string of the molecule is CC(=NN(C)c1ccccc1)c1c(O)[nH]c(=O)[nH]c1=O. The number of hydrogen-bond acceptors (Lipinski definition) is 5. The number of aromatic amines is 2. The van der Waals surface area contributed by atoms with Gasteiger partial charge in [0.1, 0.15) is 5.56 Å². The maximum absolute atomic E-state index is 11.7. The molecule has 7 nitrogen and oxygen atoms in total. The highest BCUT2D eigenvalue weighted by molar-refractivity contribution is 6.00. The summed E-state index contributed by atoms with van der Waals surface area (Å²) >= 11 is 0. The van der Waals surface area contributed by atoms with Gasteiger partial charge in [-0.3, -0.25) is 19.8 Å². The van der Waals surface area contributed by atoms with Crippen molar-refractivity contribution in [2.45, 2.75) is 6.92 Å². The van der Waals surface area contributed by atoms with Crippen LogP contribution >= 0.6 is 0 Å². The van der Waals surface area contributed by atoms with Crippen LogP contribution in [0.4, 0.5) is 5.69 Å². The third kappa shape index (κ3) is 2.77. The second kappa shape index (κ2) is 5.43. The van der Waals surface area contributed by atoms with Gasteiger partial charge in [0.25, 0.3) is 5.56 Å². The number of rotatable bonds is 3. The molecule has 0 fully saturated rings. The number of H-pyrrole nitrogens is 2. The summed E-state index contributed by atoms with van der Waals surface area (Å²) in [7, 11) is 1.72. The molecule has 0 amide bonds. The first-order valence-corrected chi connectivity index (χ1v) is 5.89. The van der Waals surface area contributed by atoms with Crippen molar-refractivity contribution in [2.24, 2.45) is 5.10 Å². The van der Waals surface area contributed by atoms with Gasteiger partial charge in [0.15, 0.2) is 0 Å². The van der Waals surface area contributed by atoms with Gasteiger partial charge < -0.3 is 5.11 Å². The molecule has 0 bridgehead atoms. The maximum Gasteiger partial charge on any atom is 0.328 e. The first kappa shape index (κ1) is 13.6. The minimum atomic E-state index is -0.763. The van der Waals surface area contributed by atoms with Gasteiger partial charge in [0, 0.05) is 7.05 Å². The van der Waals surface area contributed by atoms with E-state index in [-0.39, 0.29) is 11.3 Å². The molecule has 1 heterocycles. The second-order valence-corrected chi connectivity index (χ2v) is 4.18. The predicted octanol–water partition coefficient (Wildman–Crippen LogP) is 0.629. The van der Waals surface area contributed by atoms with Crippen molar-refractivity contribution in [3.63, 3.8) is 0 Å². The summed E-state index contributed by atoms with van der Waals surface area (Å²) in [5.41, 5.74) is -0.402. The van der Waals surface area contributed by atoms with E-state index < -0.39 is 17.1 Å². The molecule has 7 heteroatoms. The van der Waals surface area contributed by atoms with E-state index in [0.717, 1.165) is 5.69 Å². The molecule has 0 aliphatic rings. The van der Waals surface area contributed by atoms with Gasteiger partial charge in [-0.25, -0.2) is 4.79 Å². The quantitative estimate of drug-likeness (QED) is 0.564. The monoisotopic (exact) mass is 274 g/mol. The molecular weight excluding hydrogens is 260 g/mol. The molecule has 20 heavy (non-hydrogen) atoms. The van der Waals surface area contributed by atoms with E-state index in [2.05, 4.69) is 10.1 Å². The molecule has 0 radical (unpaired) electrons. The van der Waals surface area contributed by atoms with Crippen LogP contribution in [0.15, 0.2) is 45.0 Å². The molecule has 0 aliphatic heterocycles. The van der Waals surface area contributed by atoms with Crippen LogP contribution in [0.3, 0.4) is 0 Å². The topological polar surface area (TPSA) is 102 Å². The zero-order chi connectivity index (χ0) is 14.7. The Hall–Kier alpha value is -2.83. The molecule has 0 atom stereocenters. The molecule has 0 saturated carbocycles. The number of hydrogen-bond donors (Lipinski definition) is 3. The Morgan fingerprint density at radius 3 is 2.45 bits per heavy atom. The van der Waals surface area contributed by atoms with Gasteiger partial charge in [-0.05, 0) is 19.1 Å². The normalized spacial score (nSPS) is 11.4. The summed E-state index contributed by atoms with van der Waals surface area (Å²) in [5, 5.41) is 15.4. The molecule has 1 aromatic carbocycles. The van der Waals surface area contributed by atoms with E-state index in [1.807, 2.05) is 35.3 Å². The molecule has 3 N–H and O–H groups in total. The van der Waals surface area contributed by atoms with Gasteiger partial charge in [0.05, 0.1) is 11.4 Å². The minimum Gasteiger partial charge on any atom is -0.494 e. The third-order valence-electron chi connectivity index (χ3n) is 2.71. The summed E-state index contributed by atoms with van der Waals surface area (Å²) < 4.78 is 0. The molecule has 104 valence electrons. The third-order valence-corrected chi connectivity index (χ3v) is 2.71. The van der Waals surface area contributed by atoms with Gasteiger partial charge in [0.2, 0.25) is 5.88 Å². The van der Waals surface area contributed by atoms with Crippen molar-refractivity contribution in [3.8, 4) is 5.88 Å². The van der Waals surface area contributed by atoms with Crippen molar-refractivity contribution in [2.75, 3.05) is 12.1 Å². The van der Waals surface area contributed by atoms with Gasteiger partial charge in [-0.15, -0.1) is 0 Å². The summed E-state index contributed by atoms with van der Waals surface area (Å²) in [4.78, 5) is 26.9. The summed E-state index contributed by atoms with van der Waals surface area (Å²) in [5.74, 6) is -0.499. The minimum absolute atomic E-state index is 0.0626. The van der Waals surface area contributed by atoms with Crippen LogP contribution < -0.4 is 16.3 Å². The highest BCUT2D eigenvalue weighted by Crippen LogP contribution is 2.13. The van der Waals surface area contributed by atoms with E-state index in [1.165, 1.54) is 0 Å². The Kier molecular flexibility index (Phi) is 3.69. The lowest BCUT2D eigenvalue weighted by atomic mass is 10.2. The smallest absolute Gasteiger partial charge is 0.328 e. The van der Waals surface area contributed by atoms with Crippen molar-refractivity contribution < 1.29 is 5.11 Å². The van der Waals surface area contributed by atoms with E-state index >= 15 is 0 Å². The number of anilines is 1. The highest BCUT2D eigenvalue weighted by Gasteiger charge is 2.12. The van der Waals surface area contributed by atoms with Crippen LogP contribution in [-0.2, 0) is 0 Å². The zero-order valence-corrected chi connectivity index (χ0v) is 11.0. The molecule has 0 spiro atoms. The number of hydrazone groups is 1. The molecular formula is C13H14N4O3. The standard InChI is InChI=1S/C13H14N4O3/c1-8(10-11(18)14-13(20)15-12(10)19)16-17(2)9-6-4-3-5-7-9/h3-7H,1-2H3,(H3,14,15,18,19,20). The number of nitrogens with one attached hydrogen (secondary N) is 2. The number of benzene rings is 1. The average Bonchev–Trinajstić information content (AvgIpc) is 2.38. The highest BCUT2D eigenvalue weighted by atomic mass is 16.3. The number of para-hydroxylation sites is 1. The van der Waals surface area contributed by atoms with Crippen molar-refractivity contribution >= 4 is 11.4 Å². The van der Waals surface area contributed by atoms with Crippen LogP contribution in [0.5, 0.6) is 5.88 Å². The predicted molar refractivity (Wildman–Crippen MR) is 76.4 cm³/mol. The number of nitrogens with zero attached hydrogens (tertiary/aromatic N) is 2. The van der Waals surface area contributed by atoms with Crippen molar-refractivity contribution in [3.05, 3.63) is 56.7 Å². The van der Waals surface area contributed by atoms with Gasteiger partial charge >= 0.3 is 5.69 Å². The molecule has 0 saturated heterocycles. The Morgan fingerprint density at radius 2 is 1.85 bits per heavy atom. The molecule has 2 rings (SSSR count). The fraction of sp³-hybridized carbons (Fsp3) is 0.154. The maximum atomic E-state index is 11.7. The Balaban J connectivity index is 2.42. The molecule has 0 aliphatic carbocycles. The van der Waals surface area contributed by atoms with Crippen LogP contribution in [-0.4, -0.2) is 27.8 Å². The first-order chi connectivity index (χ1) is 9.49. The van der Waals surface area contributed by atoms with Crippen LogP contribution in [0.1, 0.15) is 12.5 Å². The Bertz CT molecular complexity index is 746.